The van der Waals surface area contributed by atoms with Crippen molar-refractivity contribution in [3.63, 3.8) is 0 Å². The third-order valence-corrected chi connectivity index (χ3v) is 4.45. The summed E-state index contributed by atoms with van der Waals surface area (Å²) >= 11 is 0. The topological polar surface area (TPSA) is 102 Å². The number of aryl methyl sites for hydroxylation is 3. The molecule has 8 heteroatoms. The van der Waals surface area contributed by atoms with Crippen molar-refractivity contribution in [3.05, 3.63) is 63.3 Å². The van der Waals surface area contributed by atoms with Crippen LogP contribution in [-0.4, -0.2) is 24.1 Å². The molecule has 23 heavy (non-hydrogen) atoms. The average molecular weight is 335 g/mol. The van der Waals surface area contributed by atoms with Gasteiger partial charge in [-0.05, 0) is 38.0 Å². The van der Waals surface area contributed by atoms with Gasteiger partial charge in [-0.15, -0.1) is 0 Å². The SMILES string of the molecule is Cc1cc(C)nc(NS(=O)(=O)CCc2ccccc2[N+](=O)[O-])c1. The van der Waals surface area contributed by atoms with Gasteiger partial charge in [0.25, 0.3) is 5.69 Å². The largest absolute Gasteiger partial charge is 0.272 e. The zero-order chi connectivity index (χ0) is 17.0. The second kappa shape index (κ2) is 6.74. The van der Waals surface area contributed by atoms with Crippen LogP contribution in [-0.2, 0) is 16.4 Å². The monoisotopic (exact) mass is 335 g/mol. The predicted molar refractivity (Wildman–Crippen MR) is 87.9 cm³/mol. The maximum Gasteiger partial charge on any atom is 0.272 e. The lowest BCUT2D eigenvalue weighted by atomic mass is 10.1. The molecule has 0 fully saturated rings. The number of anilines is 1. The van der Waals surface area contributed by atoms with Gasteiger partial charge in [0.05, 0.1) is 10.7 Å². The summed E-state index contributed by atoms with van der Waals surface area (Å²) in [6.45, 7) is 3.62. The van der Waals surface area contributed by atoms with Gasteiger partial charge in [0, 0.05) is 17.3 Å². The number of nitrogens with zero attached hydrogens (tertiary/aromatic N) is 2. The van der Waals surface area contributed by atoms with Crippen molar-refractivity contribution in [2.75, 3.05) is 10.5 Å². The second-order valence-corrected chi connectivity index (χ2v) is 7.07. The fourth-order valence-corrected chi connectivity index (χ4v) is 3.26. The number of nitro benzene ring substituents is 1. The zero-order valence-electron chi connectivity index (χ0n) is 12.8. The number of hydrogen-bond donors (Lipinski definition) is 1. The van der Waals surface area contributed by atoms with Crippen LogP contribution >= 0.6 is 0 Å². The van der Waals surface area contributed by atoms with E-state index < -0.39 is 14.9 Å². The third-order valence-electron chi connectivity index (χ3n) is 3.19. The number of sulfonamides is 1. The van der Waals surface area contributed by atoms with Crippen molar-refractivity contribution in [2.45, 2.75) is 20.3 Å². The lowest BCUT2D eigenvalue weighted by molar-refractivity contribution is -0.385. The van der Waals surface area contributed by atoms with Gasteiger partial charge in [-0.2, -0.15) is 0 Å². The number of nitrogens with one attached hydrogen (secondary N) is 1. The van der Waals surface area contributed by atoms with Crippen molar-refractivity contribution in [1.29, 1.82) is 0 Å². The summed E-state index contributed by atoms with van der Waals surface area (Å²) in [6.07, 6.45) is 0.0529. The minimum atomic E-state index is -3.64. The molecular weight excluding hydrogens is 318 g/mol. The second-order valence-electron chi connectivity index (χ2n) is 5.23. The minimum Gasteiger partial charge on any atom is -0.267 e. The molecule has 0 saturated heterocycles. The summed E-state index contributed by atoms with van der Waals surface area (Å²) < 4.78 is 26.7. The third kappa shape index (κ3) is 4.75. The van der Waals surface area contributed by atoms with Crippen LogP contribution in [0.2, 0.25) is 0 Å². The number of nitro groups is 1. The highest BCUT2D eigenvalue weighted by Crippen LogP contribution is 2.19. The van der Waals surface area contributed by atoms with Crippen LogP contribution in [0.25, 0.3) is 0 Å². The lowest BCUT2D eigenvalue weighted by Gasteiger charge is -2.09. The predicted octanol–water partition coefficient (Wildman–Crippen LogP) is 2.59. The van der Waals surface area contributed by atoms with E-state index in [0.29, 0.717) is 11.3 Å². The summed E-state index contributed by atoms with van der Waals surface area (Å²) in [5.41, 5.74) is 1.92. The molecule has 0 unspecified atom stereocenters. The first-order valence-corrected chi connectivity index (χ1v) is 8.60. The molecule has 1 aromatic heterocycles. The first kappa shape index (κ1) is 16.9. The Kier molecular flexibility index (Phi) is 4.95. The Bertz CT molecular complexity index is 814. The van der Waals surface area contributed by atoms with E-state index in [1.54, 1.807) is 31.2 Å². The fourth-order valence-electron chi connectivity index (χ4n) is 2.25. The fraction of sp³-hybridized carbons (Fsp3) is 0.267. The number of hydrogen-bond acceptors (Lipinski definition) is 5. The van der Waals surface area contributed by atoms with Gasteiger partial charge in [-0.25, -0.2) is 13.4 Å². The van der Waals surface area contributed by atoms with Gasteiger partial charge >= 0.3 is 0 Å². The molecule has 122 valence electrons. The molecule has 0 atom stereocenters. The smallest absolute Gasteiger partial charge is 0.267 e. The van der Waals surface area contributed by atoms with Crippen LogP contribution in [0.4, 0.5) is 11.5 Å². The van der Waals surface area contributed by atoms with Crippen molar-refractivity contribution in [2.24, 2.45) is 0 Å². The van der Waals surface area contributed by atoms with Crippen LogP contribution < -0.4 is 4.72 Å². The molecule has 1 heterocycles. The van der Waals surface area contributed by atoms with Crippen LogP contribution in [0.3, 0.4) is 0 Å². The van der Waals surface area contributed by atoms with Gasteiger partial charge in [0.15, 0.2) is 0 Å². The van der Waals surface area contributed by atoms with Gasteiger partial charge in [-0.1, -0.05) is 18.2 Å². The molecule has 7 nitrogen and oxygen atoms in total. The van der Waals surface area contributed by atoms with E-state index in [2.05, 4.69) is 9.71 Å². The van der Waals surface area contributed by atoms with E-state index in [-0.39, 0.29) is 23.7 Å². The highest BCUT2D eigenvalue weighted by atomic mass is 32.2. The van der Waals surface area contributed by atoms with E-state index in [1.807, 2.05) is 13.0 Å². The Balaban J connectivity index is 2.12. The minimum absolute atomic E-state index is 0.0529. The number of rotatable bonds is 6. The molecular formula is C15H17N3O4S. The lowest BCUT2D eigenvalue weighted by Crippen LogP contribution is -2.19. The van der Waals surface area contributed by atoms with Crippen molar-refractivity contribution >= 4 is 21.5 Å². The summed E-state index contributed by atoms with van der Waals surface area (Å²) in [5, 5.41) is 10.9. The molecule has 0 aliphatic heterocycles. The molecule has 2 aromatic rings. The highest BCUT2D eigenvalue weighted by molar-refractivity contribution is 7.92. The molecule has 0 spiro atoms. The Morgan fingerprint density at radius 1 is 1.22 bits per heavy atom. The van der Waals surface area contributed by atoms with E-state index in [1.165, 1.54) is 6.07 Å². The van der Waals surface area contributed by atoms with E-state index in [9.17, 15) is 18.5 Å². The van der Waals surface area contributed by atoms with Crippen LogP contribution in [0, 0.1) is 24.0 Å². The van der Waals surface area contributed by atoms with Crippen molar-refractivity contribution < 1.29 is 13.3 Å². The number of benzene rings is 1. The summed E-state index contributed by atoms with van der Waals surface area (Å²) in [5.74, 6) is -0.00273. The Morgan fingerprint density at radius 3 is 2.57 bits per heavy atom. The molecule has 0 aliphatic rings. The molecule has 2 rings (SSSR count). The molecule has 0 radical (unpaired) electrons. The molecule has 0 saturated carbocycles. The number of pyridine rings is 1. The maximum atomic E-state index is 12.2. The summed E-state index contributed by atoms with van der Waals surface area (Å²) in [6, 6.07) is 9.59. The molecule has 1 aromatic carbocycles. The van der Waals surface area contributed by atoms with Crippen LogP contribution in [0.5, 0.6) is 0 Å². The van der Waals surface area contributed by atoms with Gasteiger partial charge < -0.3 is 0 Å². The first-order chi connectivity index (χ1) is 10.8. The molecule has 0 amide bonds. The van der Waals surface area contributed by atoms with Gasteiger partial charge in [-0.3, -0.25) is 14.8 Å². The maximum absolute atomic E-state index is 12.2. The quantitative estimate of drug-likeness (QED) is 0.645. The van der Waals surface area contributed by atoms with E-state index in [4.69, 9.17) is 0 Å². The van der Waals surface area contributed by atoms with Gasteiger partial charge in [0.1, 0.15) is 5.82 Å². The van der Waals surface area contributed by atoms with E-state index in [0.717, 1.165) is 5.56 Å². The van der Waals surface area contributed by atoms with Gasteiger partial charge in [0.2, 0.25) is 10.0 Å². The highest BCUT2D eigenvalue weighted by Gasteiger charge is 2.17. The Hall–Kier alpha value is -2.48. The van der Waals surface area contributed by atoms with Crippen molar-refractivity contribution in [3.8, 4) is 0 Å². The average Bonchev–Trinajstić information content (AvgIpc) is 2.43. The number of para-hydroxylation sites is 1. The standard InChI is InChI=1S/C15H17N3O4S/c1-11-9-12(2)16-15(10-11)17-23(21,22)8-7-13-5-3-4-6-14(13)18(19)20/h3-6,9-10H,7-8H2,1-2H3,(H,16,17). The van der Waals surface area contributed by atoms with Crippen molar-refractivity contribution in [1.82, 2.24) is 4.98 Å². The molecule has 0 aliphatic carbocycles. The van der Waals surface area contributed by atoms with Crippen LogP contribution in [0.1, 0.15) is 16.8 Å². The van der Waals surface area contributed by atoms with Crippen LogP contribution in [0.15, 0.2) is 36.4 Å². The normalized spacial score (nSPS) is 11.2. The Morgan fingerprint density at radius 2 is 1.91 bits per heavy atom. The summed E-state index contributed by atoms with van der Waals surface area (Å²) in [7, 11) is -3.64. The zero-order valence-corrected chi connectivity index (χ0v) is 13.6. The molecule has 0 bridgehead atoms. The number of aromatic nitrogens is 1. The Labute approximate surface area is 134 Å². The first-order valence-electron chi connectivity index (χ1n) is 6.95. The van der Waals surface area contributed by atoms with E-state index >= 15 is 0 Å². The molecule has 1 N–H and O–H groups in total. The summed E-state index contributed by atoms with van der Waals surface area (Å²) in [4.78, 5) is 14.6.